The van der Waals surface area contributed by atoms with Crippen LogP contribution in [0.2, 0.25) is 5.02 Å². The van der Waals surface area contributed by atoms with Gasteiger partial charge in [-0.25, -0.2) is 0 Å². The van der Waals surface area contributed by atoms with Gasteiger partial charge in [-0.3, -0.25) is 10.1 Å². The first-order valence-corrected chi connectivity index (χ1v) is 11.5. The summed E-state index contributed by atoms with van der Waals surface area (Å²) < 4.78 is 54.9. The molecule has 0 aliphatic heterocycles. The lowest BCUT2D eigenvalue weighted by molar-refractivity contribution is -0.138. The molecule has 3 aromatic rings. The zero-order valence-electron chi connectivity index (χ0n) is 18.6. The monoisotopic (exact) mass is 538 g/mol. The van der Waals surface area contributed by atoms with E-state index in [-0.39, 0.29) is 35.3 Å². The molecule has 0 unspecified atom stereocenters. The Labute approximate surface area is 212 Å². The van der Waals surface area contributed by atoms with Crippen LogP contribution in [-0.2, 0) is 11.0 Å². The number of nitrogens with one attached hydrogen (secondary N) is 1. The van der Waals surface area contributed by atoms with E-state index < -0.39 is 17.1 Å². The number of carbonyl (C=O) groups excluding carboxylic acids is 1. The molecule has 0 fully saturated rings. The molecule has 0 spiro atoms. The Hall–Kier alpha value is -3.82. The summed E-state index contributed by atoms with van der Waals surface area (Å²) in [5.74, 6) is 0.366. The maximum atomic E-state index is 12.7. The predicted octanol–water partition coefficient (Wildman–Crippen LogP) is 5.61. The fourth-order valence-corrected chi connectivity index (χ4v) is 3.53. The van der Waals surface area contributed by atoms with Crippen LogP contribution in [0.5, 0.6) is 17.2 Å². The van der Waals surface area contributed by atoms with Gasteiger partial charge in [-0.05, 0) is 42.8 Å². The van der Waals surface area contributed by atoms with Gasteiger partial charge in [0.1, 0.15) is 30.6 Å². The second-order valence-corrected chi connectivity index (χ2v) is 8.19. The molecule has 1 aromatic heterocycles. The highest BCUT2D eigenvalue weighted by molar-refractivity contribution is 7.15. The van der Waals surface area contributed by atoms with E-state index in [0.29, 0.717) is 34.4 Å². The lowest BCUT2D eigenvalue weighted by atomic mass is 10.1. The van der Waals surface area contributed by atoms with Gasteiger partial charge in [0.25, 0.3) is 5.91 Å². The predicted molar refractivity (Wildman–Crippen MR) is 127 cm³/mol. The van der Waals surface area contributed by atoms with Crippen molar-refractivity contribution in [2.45, 2.75) is 13.1 Å². The van der Waals surface area contributed by atoms with Crippen molar-refractivity contribution in [3.63, 3.8) is 0 Å². The average molecular weight is 539 g/mol. The third-order valence-corrected chi connectivity index (χ3v) is 5.46. The molecule has 2 aromatic carbocycles. The molecule has 188 valence electrons. The van der Waals surface area contributed by atoms with Crippen LogP contribution in [0.1, 0.15) is 17.5 Å². The average Bonchev–Trinajstić information content (AvgIpc) is 3.31. The minimum Gasteiger partial charge on any atom is -0.490 e. The maximum Gasteiger partial charge on any atom is 0.445 e. The van der Waals surface area contributed by atoms with Crippen LogP contribution in [0.4, 0.5) is 18.3 Å². The van der Waals surface area contributed by atoms with Gasteiger partial charge in [0.2, 0.25) is 10.1 Å². The van der Waals surface area contributed by atoms with E-state index in [1.807, 2.05) is 0 Å². The summed E-state index contributed by atoms with van der Waals surface area (Å²) in [6, 6.07) is 13.5. The van der Waals surface area contributed by atoms with Crippen molar-refractivity contribution >= 4 is 40.1 Å². The molecule has 8 nitrogen and oxygen atoms in total. The number of benzene rings is 2. The Kier molecular flexibility index (Phi) is 9.10. The van der Waals surface area contributed by atoms with Crippen LogP contribution in [0, 0.1) is 11.3 Å². The van der Waals surface area contributed by atoms with E-state index in [0.717, 1.165) is 0 Å². The third-order valence-electron chi connectivity index (χ3n) is 4.27. The fourth-order valence-electron chi connectivity index (χ4n) is 2.74. The zero-order valence-corrected chi connectivity index (χ0v) is 20.2. The number of alkyl halides is 3. The van der Waals surface area contributed by atoms with E-state index in [9.17, 15) is 23.2 Å². The van der Waals surface area contributed by atoms with Crippen molar-refractivity contribution in [1.82, 2.24) is 10.2 Å². The number of aromatic nitrogens is 2. The van der Waals surface area contributed by atoms with Gasteiger partial charge < -0.3 is 14.2 Å². The van der Waals surface area contributed by atoms with Gasteiger partial charge in [0.15, 0.2) is 11.5 Å². The van der Waals surface area contributed by atoms with E-state index in [1.165, 1.54) is 6.08 Å². The van der Waals surface area contributed by atoms with Gasteiger partial charge >= 0.3 is 6.18 Å². The van der Waals surface area contributed by atoms with Crippen LogP contribution < -0.4 is 19.5 Å². The first-order chi connectivity index (χ1) is 17.2. The van der Waals surface area contributed by atoms with Crippen LogP contribution in [-0.4, -0.2) is 35.9 Å². The fraction of sp³-hybridized carbons (Fsp3) is 0.217. The van der Waals surface area contributed by atoms with Crippen molar-refractivity contribution in [1.29, 1.82) is 5.26 Å². The Morgan fingerprint density at radius 1 is 1.11 bits per heavy atom. The summed E-state index contributed by atoms with van der Waals surface area (Å²) in [5, 5.41) is 16.7. The minimum atomic E-state index is -4.69. The third kappa shape index (κ3) is 7.34. The van der Waals surface area contributed by atoms with Crippen LogP contribution in [0.25, 0.3) is 6.08 Å². The van der Waals surface area contributed by atoms with Crippen LogP contribution >= 0.6 is 22.9 Å². The number of rotatable bonds is 10. The molecule has 0 bridgehead atoms. The summed E-state index contributed by atoms with van der Waals surface area (Å²) in [4.78, 5) is 12.4. The molecule has 1 heterocycles. The first-order valence-electron chi connectivity index (χ1n) is 10.3. The minimum absolute atomic E-state index is 0.152. The smallest absolute Gasteiger partial charge is 0.445 e. The molecular weight excluding hydrogens is 521 g/mol. The highest BCUT2D eigenvalue weighted by Crippen LogP contribution is 2.33. The maximum absolute atomic E-state index is 12.7. The number of nitrogens with zero attached hydrogens (tertiary/aromatic N) is 3. The zero-order chi connectivity index (χ0) is 26.1. The van der Waals surface area contributed by atoms with Crippen molar-refractivity contribution in [3.05, 3.63) is 63.6 Å². The Morgan fingerprint density at radius 2 is 1.83 bits per heavy atom. The molecule has 0 saturated heterocycles. The van der Waals surface area contributed by atoms with E-state index in [2.05, 4.69) is 15.5 Å². The Balaban J connectivity index is 1.67. The van der Waals surface area contributed by atoms with Gasteiger partial charge in [-0.2, -0.15) is 18.4 Å². The topological polar surface area (TPSA) is 106 Å². The number of anilines is 1. The second-order valence-electron chi connectivity index (χ2n) is 6.80. The molecule has 0 aliphatic rings. The molecule has 0 atom stereocenters. The summed E-state index contributed by atoms with van der Waals surface area (Å²) >= 11 is 6.20. The van der Waals surface area contributed by atoms with Gasteiger partial charge in [0.05, 0.1) is 11.6 Å². The highest BCUT2D eigenvalue weighted by Gasteiger charge is 2.35. The number of carbonyl (C=O) groups is 1. The van der Waals surface area contributed by atoms with Crippen LogP contribution in [0.3, 0.4) is 0 Å². The molecule has 3 rings (SSSR count). The van der Waals surface area contributed by atoms with Crippen molar-refractivity contribution in [3.8, 4) is 23.3 Å². The van der Waals surface area contributed by atoms with E-state index >= 15 is 0 Å². The summed E-state index contributed by atoms with van der Waals surface area (Å²) in [6.07, 6.45) is -3.43. The first kappa shape index (κ1) is 26.8. The summed E-state index contributed by atoms with van der Waals surface area (Å²) in [6.45, 7) is 2.51. The lowest BCUT2D eigenvalue weighted by Crippen LogP contribution is -2.13. The normalized spacial score (nSPS) is 11.5. The van der Waals surface area contributed by atoms with Gasteiger partial charge in [-0.15, -0.1) is 10.2 Å². The Bertz CT molecular complexity index is 1290. The number of hydrogen-bond donors (Lipinski definition) is 1. The Morgan fingerprint density at radius 3 is 2.47 bits per heavy atom. The van der Waals surface area contributed by atoms with Crippen LogP contribution in [0.15, 0.2) is 48.0 Å². The largest absolute Gasteiger partial charge is 0.490 e. The molecule has 13 heteroatoms. The van der Waals surface area contributed by atoms with Gasteiger partial charge in [-0.1, -0.05) is 41.1 Å². The van der Waals surface area contributed by atoms with Crippen molar-refractivity contribution < 1.29 is 32.2 Å². The number of halogens is 4. The lowest BCUT2D eigenvalue weighted by Gasteiger charge is -2.13. The van der Waals surface area contributed by atoms with E-state index in [1.54, 1.807) is 55.5 Å². The molecule has 36 heavy (non-hydrogen) atoms. The summed E-state index contributed by atoms with van der Waals surface area (Å²) in [7, 11) is 0. The highest BCUT2D eigenvalue weighted by atomic mass is 35.5. The molecule has 0 saturated carbocycles. The van der Waals surface area contributed by atoms with Crippen molar-refractivity contribution in [2.24, 2.45) is 0 Å². The number of hydrogen-bond acceptors (Lipinski definition) is 8. The second kappa shape index (κ2) is 12.2. The van der Waals surface area contributed by atoms with Crippen molar-refractivity contribution in [2.75, 3.05) is 25.1 Å². The molecule has 0 radical (unpaired) electrons. The summed E-state index contributed by atoms with van der Waals surface area (Å²) in [5.41, 5.74) is 0.0704. The molecule has 1 amide bonds. The standard InChI is InChI=1S/C23H18ClF3N4O4S/c1-2-33-19-12-14(7-8-18(19)35-10-9-34-17-6-4-3-5-16(17)24)11-15(13-28)20(32)29-22-31-30-21(36-22)23(25,26)27/h3-8,11-12H,2,9-10H2,1H3,(H,29,31,32)/b15-11-. The quantitative estimate of drug-likeness (QED) is 0.203. The number of para-hydroxylation sites is 1. The molecular formula is C23H18ClF3N4O4S. The number of amides is 1. The molecule has 0 aliphatic carbocycles. The molecule has 1 N–H and O–H groups in total. The number of ether oxygens (including phenoxy) is 3. The van der Waals surface area contributed by atoms with E-state index in [4.69, 9.17) is 25.8 Å². The SMILES string of the molecule is CCOc1cc(/C=C(/C#N)C(=O)Nc2nnc(C(F)(F)F)s2)ccc1OCCOc1ccccc1Cl. The number of nitriles is 1. The van der Waals surface area contributed by atoms with Gasteiger partial charge in [0, 0.05) is 0 Å².